The summed E-state index contributed by atoms with van der Waals surface area (Å²) >= 11 is 5.83. The molecule has 0 amide bonds. The summed E-state index contributed by atoms with van der Waals surface area (Å²) in [5, 5.41) is 0.685. The Balaban J connectivity index is 1.96. The molecule has 1 unspecified atom stereocenters. The number of rotatable bonds is 6. The summed E-state index contributed by atoms with van der Waals surface area (Å²) in [6, 6.07) is 14.8. The molecular weight excluding hydrogens is 286 g/mol. The van der Waals surface area contributed by atoms with Crippen LogP contribution in [-0.2, 0) is 0 Å². The van der Waals surface area contributed by atoms with Crippen LogP contribution in [0.4, 0.5) is 0 Å². The maximum absolute atomic E-state index is 6.17. The molecule has 0 radical (unpaired) electrons. The van der Waals surface area contributed by atoms with E-state index in [4.69, 9.17) is 26.8 Å². The van der Waals surface area contributed by atoms with Gasteiger partial charge in [-0.1, -0.05) is 23.7 Å². The van der Waals surface area contributed by atoms with Crippen LogP contribution in [-0.4, -0.2) is 12.7 Å². The highest BCUT2D eigenvalue weighted by Gasteiger charge is 2.09. The minimum Gasteiger partial charge on any atom is -0.492 e. The Bertz CT molecular complexity index is 569. The number of hydrogen-bond acceptors (Lipinski definition) is 3. The van der Waals surface area contributed by atoms with Crippen molar-refractivity contribution in [3.63, 3.8) is 0 Å². The number of hydrogen-bond donors (Lipinski definition) is 1. The summed E-state index contributed by atoms with van der Waals surface area (Å²) in [7, 11) is 0. The van der Waals surface area contributed by atoms with Crippen LogP contribution in [0.3, 0.4) is 0 Å². The van der Waals surface area contributed by atoms with Crippen molar-refractivity contribution in [2.45, 2.75) is 26.0 Å². The molecule has 0 saturated heterocycles. The van der Waals surface area contributed by atoms with E-state index in [1.54, 1.807) is 12.1 Å². The highest BCUT2D eigenvalue weighted by Crippen LogP contribution is 2.21. The van der Waals surface area contributed by atoms with E-state index < -0.39 is 0 Å². The van der Waals surface area contributed by atoms with Gasteiger partial charge in [0.15, 0.2) is 0 Å². The van der Waals surface area contributed by atoms with E-state index in [0.29, 0.717) is 11.6 Å². The first-order chi connectivity index (χ1) is 10.0. The Morgan fingerprint density at radius 3 is 2.43 bits per heavy atom. The second kappa shape index (κ2) is 7.34. The minimum atomic E-state index is -0.212. The van der Waals surface area contributed by atoms with Crippen molar-refractivity contribution in [1.29, 1.82) is 0 Å². The lowest BCUT2D eigenvalue weighted by Crippen LogP contribution is -2.19. The summed E-state index contributed by atoms with van der Waals surface area (Å²) in [6.07, 6.45) is 0.141. The molecule has 0 aliphatic rings. The molecule has 1 atom stereocenters. The lowest BCUT2D eigenvalue weighted by atomic mass is 10.1. The molecule has 2 N–H and O–H groups in total. The van der Waals surface area contributed by atoms with Gasteiger partial charge in [-0.05, 0) is 55.8 Å². The fourth-order valence-corrected chi connectivity index (χ4v) is 2.03. The Hall–Kier alpha value is -1.71. The molecule has 0 bridgehead atoms. The zero-order valence-corrected chi connectivity index (χ0v) is 13.0. The van der Waals surface area contributed by atoms with Crippen LogP contribution >= 0.6 is 11.6 Å². The van der Waals surface area contributed by atoms with Crippen molar-refractivity contribution in [1.82, 2.24) is 0 Å². The van der Waals surface area contributed by atoms with Crippen molar-refractivity contribution in [2.75, 3.05) is 6.61 Å². The van der Waals surface area contributed by atoms with Crippen molar-refractivity contribution in [3.05, 3.63) is 59.1 Å². The maximum Gasteiger partial charge on any atom is 0.120 e. The quantitative estimate of drug-likeness (QED) is 0.869. The molecule has 21 heavy (non-hydrogen) atoms. The predicted molar refractivity (Wildman–Crippen MR) is 86.1 cm³/mol. The number of halogens is 1. The summed E-state index contributed by atoms with van der Waals surface area (Å²) in [6.45, 7) is 4.39. The van der Waals surface area contributed by atoms with Gasteiger partial charge in [0.05, 0.1) is 12.1 Å². The average molecular weight is 306 g/mol. The molecule has 0 aliphatic heterocycles. The summed E-state index contributed by atoms with van der Waals surface area (Å²) in [4.78, 5) is 0. The van der Waals surface area contributed by atoms with E-state index in [9.17, 15) is 0 Å². The smallest absolute Gasteiger partial charge is 0.120 e. The normalized spacial score (nSPS) is 12.2. The van der Waals surface area contributed by atoms with E-state index in [0.717, 1.165) is 17.1 Å². The lowest BCUT2D eigenvalue weighted by Gasteiger charge is -2.16. The van der Waals surface area contributed by atoms with Crippen LogP contribution < -0.4 is 15.2 Å². The molecule has 0 fully saturated rings. The topological polar surface area (TPSA) is 44.5 Å². The summed E-state index contributed by atoms with van der Waals surface area (Å²) in [5.41, 5.74) is 7.15. The molecule has 0 heterocycles. The summed E-state index contributed by atoms with van der Waals surface area (Å²) in [5.74, 6) is 1.58. The largest absolute Gasteiger partial charge is 0.492 e. The monoisotopic (exact) mass is 305 g/mol. The van der Waals surface area contributed by atoms with Crippen molar-refractivity contribution < 1.29 is 9.47 Å². The Morgan fingerprint density at radius 2 is 1.76 bits per heavy atom. The van der Waals surface area contributed by atoms with E-state index >= 15 is 0 Å². The third-order valence-corrected chi connectivity index (χ3v) is 3.15. The number of benzene rings is 2. The van der Waals surface area contributed by atoms with Gasteiger partial charge in [0, 0.05) is 5.02 Å². The van der Waals surface area contributed by atoms with Crippen LogP contribution in [0.2, 0.25) is 5.02 Å². The van der Waals surface area contributed by atoms with Crippen LogP contribution in [0.25, 0.3) is 0 Å². The van der Waals surface area contributed by atoms with E-state index in [1.807, 2.05) is 50.2 Å². The molecule has 0 aromatic heterocycles. The molecule has 3 nitrogen and oxygen atoms in total. The van der Waals surface area contributed by atoms with Gasteiger partial charge in [0.25, 0.3) is 0 Å². The van der Waals surface area contributed by atoms with Crippen LogP contribution in [0, 0.1) is 0 Å². The summed E-state index contributed by atoms with van der Waals surface area (Å²) < 4.78 is 11.3. The molecule has 112 valence electrons. The zero-order valence-electron chi connectivity index (χ0n) is 12.3. The van der Waals surface area contributed by atoms with Gasteiger partial charge < -0.3 is 15.2 Å². The first kappa shape index (κ1) is 15.7. The first-order valence-electron chi connectivity index (χ1n) is 6.95. The fraction of sp³-hybridized carbons (Fsp3) is 0.294. The van der Waals surface area contributed by atoms with Crippen LogP contribution in [0.15, 0.2) is 48.5 Å². The van der Waals surface area contributed by atoms with Crippen molar-refractivity contribution in [3.8, 4) is 11.5 Å². The van der Waals surface area contributed by atoms with Gasteiger partial charge >= 0.3 is 0 Å². The SMILES string of the molecule is CC(C)Oc1cccc(C(N)COc2ccc(Cl)cc2)c1. The molecule has 4 heteroatoms. The van der Waals surface area contributed by atoms with Gasteiger partial charge in [0.1, 0.15) is 18.1 Å². The molecular formula is C17H20ClNO2. The lowest BCUT2D eigenvalue weighted by molar-refractivity contribution is 0.241. The molecule has 0 aliphatic carbocycles. The number of ether oxygens (including phenoxy) is 2. The maximum atomic E-state index is 6.17. The molecule has 2 rings (SSSR count). The van der Waals surface area contributed by atoms with Gasteiger partial charge in [0.2, 0.25) is 0 Å². The Morgan fingerprint density at radius 1 is 1.05 bits per heavy atom. The van der Waals surface area contributed by atoms with E-state index in [2.05, 4.69) is 0 Å². The number of nitrogens with two attached hydrogens (primary N) is 1. The van der Waals surface area contributed by atoms with Crippen LogP contribution in [0.5, 0.6) is 11.5 Å². The second-order valence-electron chi connectivity index (χ2n) is 5.11. The first-order valence-corrected chi connectivity index (χ1v) is 7.33. The van der Waals surface area contributed by atoms with Crippen molar-refractivity contribution in [2.24, 2.45) is 5.73 Å². The molecule has 2 aromatic carbocycles. The second-order valence-corrected chi connectivity index (χ2v) is 5.55. The van der Waals surface area contributed by atoms with Gasteiger partial charge in [-0.3, -0.25) is 0 Å². The fourth-order valence-electron chi connectivity index (χ4n) is 1.90. The molecule has 2 aromatic rings. The minimum absolute atomic E-state index is 0.141. The van der Waals surface area contributed by atoms with Crippen LogP contribution in [0.1, 0.15) is 25.5 Å². The Kier molecular flexibility index (Phi) is 5.48. The average Bonchev–Trinajstić information content (AvgIpc) is 2.46. The molecule has 0 saturated carbocycles. The van der Waals surface area contributed by atoms with E-state index in [1.165, 1.54) is 0 Å². The van der Waals surface area contributed by atoms with Gasteiger partial charge in [-0.25, -0.2) is 0 Å². The highest BCUT2D eigenvalue weighted by atomic mass is 35.5. The standard InChI is InChI=1S/C17H20ClNO2/c1-12(2)21-16-5-3-4-13(10-16)17(19)11-20-15-8-6-14(18)7-9-15/h3-10,12,17H,11,19H2,1-2H3. The van der Waals surface area contributed by atoms with Gasteiger partial charge in [-0.2, -0.15) is 0 Å². The van der Waals surface area contributed by atoms with Gasteiger partial charge in [-0.15, -0.1) is 0 Å². The zero-order chi connectivity index (χ0) is 15.2. The predicted octanol–water partition coefficient (Wildman–Crippen LogP) is 4.21. The third-order valence-electron chi connectivity index (χ3n) is 2.90. The third kappa shape index (κ3) is 4.96. The Labute approximate surface area is 130 Å². The van der Waals surface area contributed by atoms with E-state index in [-0.39, 0.29) is 12.1 Å². The molecule has 0 spiro atoms. The highest BCUT2D eigenvalue weighted by molar-refractivity contribution is 6.30. The van der Waals surface area contributed by atoms with Crippen molar-refractivity contribution >= 4 is 11.6 Å².